The Labute approximate surface area is 114 Å². The van der Waals surface area contributed by atoms with Gasteiger partial charge in [-0.15, -0.1) is 0 Å². The summed E-state index contributed by atoms with van der Waals surface area (Å²) in [6, 6.07) is 1.53. The molecule has 1 aromatic rings. The molecule has 5 nitrogen and oxygen atoms in total. The minimum absolute atomic E-state index is 0.154. The van der Waals surface area contributed by atoms with Crippen molar-refractivity contribution >= 4 is 10.0 Å². The van der Waals surface area contributed by atoms with E-state index in [1.165, 1.54) is 6.07 Å². The molecule has 1 aliphatic carbocycles. The van der Waals surface area contributed by atoms with Crippen molar-refractivity contribution in [1.29, 1.82) is 0 Å². The van der Waals surface area contributed by atoms with E-state index in [1.54, 1.807) is 10.8 Å². The SMILES string of the molecule is CCn1cc(S(=O)(=O)NCC2CC2(C)C)cc1CO. The highest BCUT2D eigenvalue weighted by molar-refractivity contribution is 7.89. The Bertz CT molecular complexity index is 539. The molecule has 2 rings (SSSR count). The second kappa shape index (κ2) is 4.92. The number of sulfonamides is 1. The van der Waals surface area contributed by atoms with Crippen LogP contribution >= 0.6 is 0 Å². The number of nitrogens with one attached hydrogen (secondary N) is 1. The van der Waals surface area contributed by atoms with Crippen molar-refractivity contribution in [3.8, 4) is 0 Å². The minimum Gasteiger partial charge on any atom is -0.390 e. The molecule has 0 spiro atoms. The van der Waals surface area contributed by atoms with E-state index in [0.717, 1.165) is 6.42 Å². The normalized spacial score (nSPS) is 21.6. The molecule has 0 amide bonds. The first-order chi connectivity index (χ1) is 8.80. The monoisotopic (exact) mass is 286 g/mol. The Balaban J connectivity index is 2.09. The molecule has 0 radical (unpaired) electrons. The zero-order chi connectivity index (χ0) is 14.3. The number of rotatable bonds is 6. The van der Waals surface area contributed by atoms with Gasteiger partial charge in [0.25, 0.3) is 0 Å². The van der Waals surface area contributed by atoms with Gasteiger partial charge in [0, 0.05) is 25.0 Å². The van der Waals surface area contributed by atoms with Crippen LogP contribution in [0.15, 0.2) is 17.2 Å². The van der Waals surface area contributed by atoms with E-state index in [-0.39, 0.29) is 16.9 Å². The molecule has 0 bridgehead atoms. The minimum atomic E-state index is -3.47. The molecule has 1 aliphatic rings. The van der Waals surface area contributed by atoms with Gasteiger partial charge in [-0.2, -0.15) is 0 Å². The average molecular weight is 286 g/mol. The zero-order valence-electron chi connectivity index (χ0n) is 11.7. The standard InChI is InChI=1S/C13H22N2O3S/c1-4-15-8-12(5-11(15)9-16)19(17,18)14-7-10-6-13(10,2)3/h5,8,10,14,16H,4,6-7,9H2,1-3H3. The predicted octanol–water partition coefficient (Wildman–Crippen LogP) is 1.32. The number of nitrogens with zero attached hydrogens (tertiary/aromatic N) is 1. The van der Waals surface area contributed by atoms with Crippen LogP contribution in [0, 0.1) is 11.3 Å². The summed E-state index contributed by atoms with van der Waals surface area (Å²) in [7, 11) is -3.47. The maximum absolute atomic E-state index is 12.2. The largest absolute Gasteiger partial charge is 0.390 e. The molecule has 1 saturated carbocycles. The van der Waals surface area contributed by atoms with Crippen LogP contribution in [0.25, 0.3) is 0 Å². The summed E-state index contributed by atoms with van der Waals surface area (Å²) in [5, 5.41) is 9.19. The summed E-state index contributed by atoms with van der Waals surface area (Å²) < 4.78 is 28.7. The van der Waals surface area contributed by atoms with E-state index in [4.69, 9.17) is 0 Å². The van der Waals surface area contributed by atoms with Crippen LogP contribution in [0.4, 0.5) is 0 Å². The van der Waals surface area contributed by atoms with Crippen LogP contribution in [0.3, 0.4) is 0 Å². The van der Waals surface area contributed by atoms with Gasteiger partial charge in [-0.3, -0.25) is 0 Å². The lowest BCUT2D eigenvalue weighted by Crippen LogP contribution is -2.26. The Hall–Kier alpha value is -0.850. The van der Waals surface area contributed by atoms with E-state index in [9.17, 15) is 13.5 Å². The Morgan fingerprint density at radius 2 is 2.16 bits per heavy atom. The number of aliphatic hydroxyl groups is 1. The van der Waals surface area contributed by atoms with Crippen molar-refractivity contribution < 1.29 is 13.5 Å². The molecule has 1 heterocycles. The summed E-state index contributed by atoms with van der Waals surface area (Å²) in [6.45, 7) is 7.17. The summed E-state index contributed by atoms with van der Waals surface area (Å²) >= 11 is 0. The Morgan fingerprint density at radius 3 is 2.58 bits per heavy atom. The van der Waals surface area contributed by atoms with Crippen LogP contribution in [0.1, 0.15) is 32.9 Å². The first-order valence-electron chi connectivity index (χ1n) is 6.59. The third-order valence-electron chi connectivity index (χ3n) is 4.01. The van der Waals surface area contributed by atoms with Gasteiger partial charge in [0.05, 0.1) is 11.5 Å². The lowest BCUT2D eigenvalue weighted by Gasteiger charge is -2.06. The molecule has 1 atom stereocenters. The van der Waals surface area contributed by atoms with E-state index in [0.29, 0.717) is 24.7 Å². The third kappa shape index (κ3) is 3.01. The van der Waals surface area contributed by atoms with Crippen LogP contribution in [-0.4, -0.2) is 24.6 Å². The van der Waals surface area contributed by atoms with Gasteiger partial charge in [-0.05, 0) is 30.7 Å². The molecule has 0 aliphatic heterocycles. The van der Waals surface area contributed by atoms with Crippen LogP contribution < -0.4 is 4.72 Å². The second-order valence-corrected chi connectivity index (χ2v) is 7.62. The molecular formula is C13H22N2O3S. The molecule has 1 aromatic heterocycles. The quantitative estimate of drug-likeness (QED) is 0.828. The first-order valence-corrected chi connectivity index (χ1v) is 8.08. The van der Waals surface area contributed by atoms with Crippen molar-refractivity contribution in [2.24, 2.45) is 11.3 Å². The number of hydrogen-bond acceptors (Lipinski definition) is 3. The van der Waals surface area contributed by atoms with Gasteiger partial charge in [0.1, 0.15) is 0 Å². The summed E-state index contributed by atoms with van der Waals surface area (Å²) in [4.78, 5) is 0.233. The average Bonchev–Trinajstić information content (AvgIpc) is 2.77. The van der Waals surface area contributed by atoms with E-state index in [2.05, 4.69) is 18.6 Å². The predicted molar refractivity (Wildman–Crippen MR) is 73.1 cm³/mol. The van der Waals surface area contributed by atoms with Crippen LogP contribution in [-0.2, 0) is 23.2 Å². The summed E-state index contributed by atoms with van der Waals surface area (Å²) in [5.74, 6) is 0.424. The second-order valence-electron chi connectivity index (χ2n) is 5.85. The van der Waals surface area contributed by atoms with E-state index >= 15 is 0 Å². The Kier molecular flexibility index (Phi) is 3.77. The van der Waals surface area contributed by atoms with Gasteiger partial charge in [-0.25, -0.2) is 13.1 Å². The lowest BCUT2D eigenvalue weighted by molar-refractivity contribution is 0.271. The molecule has 2 N–H and O–H groups in total. The highest BCUT2D eigenvalue weighted by Gasteiger charge is 2.45. The fraction of sp³-hybridized carbons (Fsp3) is 0.692. The van der Waals surface area contributed by atoms with E-state index in [1.807, 2.05) is 6.92 Å². The van der Waals surface area contributed by atoms with Gasteiger partial charge in [0.2, 0.25) is 10.0 Å². The van der Waals surface area contributed by atoms with Crippen molar-refractivity contribution in [2.45, 2.75) is 45.2 Å². The molecular weight excluding hydrogens is 264 g/mol. The smallest absolute Gasteiger partial charge is 0.242 e. The molecule has 1 unspecified atom stereocenters. The number of hydrogen-bond donors (Lipinski definition) is 2. The van der Waals surface area contributed by atoms with Crippen LogP contribution in [0.5, 0.6) is 0 Å². The Morgan fingerprint density at radius 1 is 1.53 bits per heavy atom. The highest BCUT2D eigenvalue weighted by atomic mass is 32.2. The fourth-order valence-electron chi connectivity index (χ4n) is 2.32. The number of aliphatic hydroxyl groups excluding tert-OH is 1. The summed E-state index contributed by atoms with van der Waals surface area (Å²) in [6.07, 6.45) is 2.64. The molecule has 6 heteroatoms. The highest BCUT2D eigenvalue weighted by Crippen LogP contribution is 2.51. The van der Waals surface area contributed by atoms with Crippen molar-refractivity contribution in [3.63, 3.8) is 0 Å². The van der Waals surface area contributed by atoms with Crippen molar-refractivity contribution in [1.82, 2.24) is 9.29 Å². The first kappa shape index (κ1) is 14.6. The third-order valence-corrected chi connectivity index (χ3v) is 5.40. The molecule has 0 aromatic carbocycles. The van der Waals surface area contributed by atoms with Crippen molar-refractivity contribution in [2.75, 3.05) is 6.54 Å². The maximum Gasteiger partial charge on any atom is 0.242 e. The molecule has 0 saturated heterocycles. The topological polar surface area (TPSA) is 71.3 Å². The van der Waals surface area contributed by atoms with Gasteiger partial charge < -0.3 is 9.67 Å². The lowest BCUT2D eigenvalue weighted by atomic mass is 10.1. The number of aryl methyl sites for hydroxylation is 1. The molecule has 1 fully saturated rings. The van der Waals surface area contributed by atoms with Crippen molar-refractivity contribution in [3.05, 3.63) is 18.0 Å². The van der Waals surface area contributed by atoms with Gasteiger partial charge in [0.15, 0.2) is 0 Å². The van der Waals surface area contributed by atoms with Gasteiger partial charge in [-0.1, -0.05) is 13.8 Å². The van der Waals surface area contributed by atoms with Gasteiger partial charge >= 0.3 is 0 Å². The molecule has 19 heavy (non-hydrogen) atoms. The summed E-state index contributed by atoms with van der Waals surface area (Å²) in [5.41, 5.74) is 0.878. The molecule has 108 valence electrons. The zero-order valence-corrected chi connectivity index (χ0v) is 12.5. The van der Waals surface area contributed by atoms with E-state index < -0.39 is 10.0 Å². The van der Waals surface area contributed by atoms with Crippen LogP contribution in [0.2, 0.25) is 0 Å². The number of aromatic nitrogens is 1. The maximum atomic E-state index is 12.2. The fourth-order valence-corrected chi connectivity index (χ4v) is 3.46.